The van der Waals surface area contributed by atoms with Gasteiger partial charge in [-0.3, -0.25) is 4.79 Å². The summed E-state index contributed by atoms with van der Waals surface area (Å²) in [6.07, 6.45) is -2.93. The fraction of sp³-hybridized carbons (Fsp3) is 0.444. The molecular formula is C9H9BrF3NO. The molecule has 0 fully saturated rings. The summed E-state index contributed by atoms with van der Waals surface area (Å²) in [4.78, 5) is 11.2. The molecule has 0 aliphatic heterocycles. The molecule has 15 heavy (non-hydrogen) atoms. The van der Waals surface area contributed by atoms with Gasteiger partial charge in [-0.2, -0.15) is 13.2 Å². The molecule has 0 bridgehead atoms. The van der Waals surface area contributed by atoms with E-state index in [0.29, 0.717) is 11.8 Å². The molecule has 1 rings (SSSR count). The highest BCUT2D eigenvalue weighted by Gasteiger charge is 2.30. The van der Waals surface area contributed by atoms with E-state index in [1.54, 1.807) is 0 Å². The third kappa shape index (κ3) is 3.37. The molecule has 0 N–H and O–H groups in total. The third-order valence-electron chi connectivity index (χ3n) is 1.84. The van der Waals surface area contributed by atoms with Crippen LogP contribution >= 0.6 is 15.9 Å². The Balaban J connectivity index is 3.01. The first-order valence-corrected chi connectivity index (χ1v) is 5.41. The summed E-state index contributed by atoms with van der Waals surface area (Å²) < 4.78 is 38.0. The highest BCUT2D eigenvalue weighted by Crippen LogP contribution is 2.27. The Morgan fingerprint density at radius 2 is 2.00 bits per heavy atom. The molecule has 0 spiro atoms. The minimum absolute atomic E-state index is 0.286. The minimum Gasteiger partial charge on any atom is -0.315 e. The maximum Gasteiger partial charge on any atom is 0.417 e. The van der Waals surface area contributed by atoms with Gasteiger partial charge in [-0.1, -0.05) is 15.9 Å². The molecule has 0 saturated heterocycles. The first-order valence-electron chi connectivity index (χ1n) is 4.29. The minimum atomic E-state index is -4.40. The van der Waals surface area contributed by atoms with Gasteiger partial charge in [0.2, 0.25) is 0 Å². The van der Waals surface area contributed by atoms with Crippen molar-refractivity contribution in [1.82, 2.24) is 4.57 Å². The van der Waals surface area contributed by atoms with E-state index in [1.807, 2.05) is 0 Å². The highest BCUT2D eigenvalue weighted by molar-refractivity contribution is 9.09. The van der Waals surface area contributed by atoms with Crippen molar-refractivity contribution >= 4 is 15.9 Å². The van der Waals surface area contributed by atoms with Crippen LogP contribution < -0.4 is 5.56 Å². The number of rotatable bonds is 3. The molecular weight excluding hydrogens is 275 g/mol. The lowest BCUT2D eigenvalue weighted by Gasteiger charge is -2.09. The Bertz CT molecular complexity index is 386. The molecule has 1 aromatic rings. The molecule has 0 aliphatic carbocycles. The van der Waals surface area contributed by atoms with Gasteiger partial charge in [-0.05, 0) is 12.5 Å². The van der Waals surface area contributed by atoms with Gasteiger partial charge in [-0.15, -0.1) is 0 Å². The van der Waals surface area contributed by atoms with E-state index in [-0.39, 0.29) is 6.54 Å². The number of aromatic nitrogens is 1. The number of alkyl halides is 4. The van der Waals surface area contributed by atoms with Gasteiger partial charge in [0.15, 0.2) is 0 Å². The lowest BCUT2D eigenvalue weighted by Crippen LogP contribution is -2.21. The molecule has 0 unspecified atom stereocenters. The first kappa shape index (κ1) is 12.3. The van der Waals surface area contributed by atoms with Crippen LogP contribution in [0, 0.1) is 0 Å². The average Bonchev–Trinajstić information content (AvgIpc) is 2.15. The predicted molar refractivity (Wildman–Crippen MR) is 54.1 cm³/mol. The molecule has 1 aromatic heterocycles. The molecule has 0 radical (unpaired) electrons. The Morgan fingerprint density at radius 3 is 2.53 bits per heavy atom. The second-order valence-electron chi connectivity index (χ2n) is 2.99. The van der Waals surface area contributed by atoms with Crippen molar-refractivity contribution in [2.45, 2.75) is 19.1 Å². The molecule has 2 nitrogen and oxygen atoms in total. The van der Waals surface area contributed by atoms with Crippen molar-refractivity contribution < 1.29 is 13.2 Å². The largest absolute Gasteiger partial charge is 0.417 e. The predicted octanol–water partition coefficient (Wildman–Crippen LogP) is 2.65. The van der Waals surface area contributed by atoms with Crippen molar-refractivity contribution in [3.63, 3.8) is 0 Å². The summed E-state index contributed by atoms with van der Waals surface area (Å²) >= 11 is 3.15. The zero-order valence-corrected chi connectivity index (χ0v) is 9.31. The van der Waals surface area contributed by atoms with Crippen LogP contribution in [0.3, 0.4) is 0 Å². The zero-order chi connectivity index (χ0) is 11.5. The van der Waals surface area contributed by atoms with E-state index in [9.17, 15) is 18.0 Å². The number of halogens is 4. The highest BCUT2D eigenvalue weighted by atomic mass is 79.9. The maximum absolute atomic E-state index is 12.3. The Kier molecular flexibility index (Phi) is 3.96. The van der Waals surface area contributed by atoms with E-state index in [4.69, 9.17) is 0 Å². The molecule has 0 saturated carbocycles. The van der Waals surface area contributed by atoms with Crippen LogP contribution in [0.15, 0.2) is 23.1 Å². The third-order valence-corrected chi connectivity index (χ3v) is 2.40. The van der Waals surface area contributed by atoms with Crippen molar-refractivity contribution in [3.8, 4) is 0 Å². The van der Waals surface area contributed by atoms with Crippen LogP contribution in [0.1, 0.15) is 12.0 Å². The molecule has 6 heteroatoms. The average molecular weight is 284 g/mol. The standard InChI is InChI=1S/C9H9BrF3NO/c10-4-1-5-14-6-7(9(11,12)13)2-3-8(14)15/h2-3,6H,1,4-5H2. The van der Waals surface area contributed by atoms with Crippen LogP contribution in [0.5, 0.6) is 0 Å². The van der Waals surface area contributed by atoms with Gasteiger partial charge in [-0.25, -0.2) is 0 Å². The summed E-state index contributed by atoms with van der Waals surface area (Å²) in [6, 6.07) is 1.74. The molecule has 0 amide bonds. The van der Waals surface area contributed by atoms with Crippen molar-refractivity contribution in [2.24, 2.45) is 0 Å². The summed E-state index contributed by atoms with van der Waals surface area (Å²) in [5.74, 6) is 0. The van der Waals surface area contributed by atoms with E-state index in [2.05, 4.69) is 15.9 Å². The van der Waals surface area contributed by atoms with Crippen molar-refractivity contribution in [2.75, 3.05) is 5.33 Å². The van der Waals surface area contributed by atoms with Gasteiger partial charge in [0.05, 0.1) is 5.56 Å². The monoisotopic (exact) mass is 283 g/mol. The molecule has 0 aliphatic rings. The van der Waals surface area contributed by atoms with Crippen molar-refractivity contribution in [1.29, 1.82) is 0 Å². The SMILES string of the molecule is O=c1ccc(C(F)(F)F)cn1CCCBr. The van der Waals surface area contributed by atoms with Gasteiger partial charge < -0.3 is 4.57 Å². The van der Waals surface area contributed by atoms with Crippen LogP contribution in [0.2, 0.25) is 0 Å². The summed E-state index contributed by atoms with van der Waals surface area (Å²) in [7, 11) is 0. The summed E-state index contributed by atoms with van der Waals surface area (Å²) in [5, 5.41) is 0.648. The summed E-state index contributed by atoms with van der Waals surface area (Å²) in [5.41, 5.74) is -1.21. The van der Waals surface area contributed by atoms with E-state index < -0.39 is 17.3 Å². The quantitative estimate of drug-likeness (QED) is 0.782. The number of hydrogen-bond acceptors (Lipinski definition) is 1. The first-order chi connectivity index (χ1) is 6.95. The maximum atomic E-state index is 12.3. The lowest BCUT2D eigenvalue weighted by atomic mass is 10.2. The van der Waals surface area contributed by atoms with E-state index >= 15 is 0 Å². The van der Waals surface area contributed by atoms with Crippen LogP contribution in [0.25, 0.3) is 0 Å². The zero-order valence-electron chi connectivity index (χ0n) is 7.72. The Hall–Kier alpha value is -0.780. The van der Waals surface area contributed by atoms with Crippen LogP contribution in [0.4, 0.5) is 13.2 Å². The topological polar surface area (TPSA) is 22.0 Å². The molecule has 0 aromatic carbocycles. The van der Waals surface area contributed by atoms with E-state index in [0.717, 1.165) is 22.9 Å². The van der Waals surface area contributed by atoms with E-state index in [1.165, 1.54) is 0 Å². The Morgan fingerprint density at radius 1 is 1.33 bits per heavy atom. The molecule has 1 heterocycles. The molecule has 84 valence electrons. The van der Waals surface area contributed by atoms with Crippen molar-refractivity contribution in [3.05, 3.63) is 34.2 Å². The van der Waals surface area contributed by atoms with Crippen LogP contribution in [-0.2, 0) is 12.7 Å². The summed E-state index contributed by atoms with van der Waals surface area (Å²) in [6.45, 7) is 0.286. The smallest absolute Gasteiger partial charge is 0.315 e. The second kappa shape index (κ2) is 4.83. The number of aryl methyl sites for hydroxylation is 1. The lowest BCUT2D eigenvalue weighted by molar-refractivity contribution is -0.138. The normalized spacial score (nSPS) is 11.7. The fourth-order valence-electron chi connectivity index (χ4n) is 1.10. The number of pyridine rings is 1. The van der Waals surface area contributed by atoms with Gasteiger partial charge >= 0.3 is 6.18 Å². The number of nitrogens with zero attached hydrogens (tertiary/aromatic N) is 1. The van der Waals surface area contributed by atoms with Gasteiger partial charge in [0.1, 0.15) is 0 Å². The Labute approximate surface area is 92.8 Å². The molecule has 0 atom stereocenters. The number of hydrogen-bond donors (Lipinski definition) is 0. The fourth-order valence-corrected chi connectivity index (χ4v) is 1.35. The van der Waals surface area contributed by atoms with Crippen LogP contribution in [-0.4, -0.2) is 9.90 Å². The van der Waals surface area contributed by atoms with Gasteiger partial charge in [0, 0.05) is 24.1 Å². The van der Waals surface area contributed by atoms with Gasteiger partial charge in [0.25, 0.3) is 5.56 Å². The second-order valence-corrected chi connectivity index (χ2v) is 3.78.